The number of halogens is 1. The lowest BCUT2D eigenvalue weighted by molar-refractivity contribution is 0.0944. The highest BCUT2D eigenvalue weighted by atomic mass is 35.5. The molecule has 0 aliphatic heterocycles. The number of carbonyl (C=O) groups is 1. The van der Waals surface area contributed by atoms with Crippen molar-refractivity contribution in [3.8, 4) is 5.75 Å². The van der Waals surface area contributed by atoms with Gasteiger partial charge in [-0.25, -0.2) is 4.98 Å². The molecule has 124 valence electrons. The summed E-state index contributed by atoms with van der Waals surface area (Å²) < 4.78 is 7.25. The van der Waals surface area contributed by atoms with Crippen molar-refractivity contribution in [3.05, 3.63) is 40.9 Å². The summed E-state index contributed by atoms with van der Waals surface area (Å²) in [5.74, 6) is 1.37. The Labute approximate surface area is 140 Å². The molecule has 6 nitrogen and oxygen atoms in total. The first-order valence-electron chi connectivity index (χ1n) is 7.31. The van der Waals surface area contributed by atoms with Crippen LogP contribution in [-0.4, -0.2) is 29.1 Å². The monoisotopic (exact) mass is 336 g/mol. The fourth-order valence-electron chi connectivity index (χ4n) is 2.27. The minimum absolute atomic E-state index is 0.238. The number of nitrogen functional groups attached to an aromatic ring is 1. The van der Waals surface area contributed by atoms with Gasteiger partial charge < -0.3 is 20.4 Å². The second kappa shape index (κ2) is 7.37. The average Bonchev–Trinajstić information content (AvgIpc) is 2.92. The van der Waals surface area contributed by atoms with Gasteiger partial charge in [-0.1, -0.05) is 18.5 Å². The van der Waals surface area contributed by atoms with E-state index in [-0.39, 0.29) is 11.8 Å². The Morgan fingerprint density at radius 3 is 2.87 bits per heavy atom. The number of anilines is 1. The van der Waals surface area contributed by atoms with Crippen LogP contribution in [0.25, 0.3) is 0 Å². The molecular weight excluding hydrogens is 316 g/mol. The highest BCUT2D eigenvalue weighted by Gasteiger charge is 2.16. The van der Waals surface area contributed by atoms with Crippen molar-refractivity contribution in [2.75, 3.05) is 19.4 Å². The van der Waals surface area contributed by atoms with Gasteiger partial charge in [-0.15, -0.1) is 0 Å². The molecule has 23 heavy (non-hydrogen) atoms. The van der Waals surface area contributed by atoms with Gasteiger partial charge in [0.1, 0.15) is 11.6 Å². The molecule has 0 spiro atoms. The smallest absolute Gasteiger partial charge is 0.255 e. The van der Waals surface area contributed by atoms with Crippen molar-refractivity contribution >= 4 is 23.2 Å². The van der Waals surface area contributed by atoms with Crippen LogP contribution in [0.4, 0.5) is 5.69 Å². The van der Waals surface area contributed by atoms with E-state index in [1.54, 1.807) is 12.3 Å². The van der Waals surface area contributed by atoms with E-state index in [0.717, 1.165) is 12.4 Å². The summed E-state index contributed by atoms with van der Waals surface area (Å²) >= 11 is 5.99. The summed E-state index contributed by atoms with van der Waals surface area (Å²) in [7, 11) is 1.49. The van der Waals surface area contributed by atoms with Crippen molar-refractivity contribution < 1.29 is 9.53 Å². The molecule has 0 aliphatic carbocycles. The molecule has 1 aromatic carbocycles. The molecule has 0 fully saturated rings. The fourth-order valence-corrected chi connectivity index (χ4v) is 2.44. The summed E-state index contributed by atoms with van der Waals surface area (Å²) in [6, 6.07) is 3.07. The van der Waals surface area contributed by atoms with Crippen molar-refractivity contribution in [1.29, 1.82) is 0 Å². The minimum atomic E-state index is -0.238. The number of nitrogens with zero attached hydrogens (tertiary/aromatic N) is 2. The second-order valence-corrected chi connectivity index (χ2v) is 5.92. The SMILES string of the molecule is COc1cc(N)c(Cl)cc1C(=O)NCC(C)Cn1ccnc1C. The van der Waals surface area contributed by atoms with Gasteiger partial charge in [0.05, 0.1) is 23.4 Å². The van der Waals surface area contributed by atoms with Gasteiger partial charge in [-0.3, -0.25) is 4.79 Å². The van der Waals surface area contributed by atoms with E-state index in [1.165, 1.54) is 13.2 Å². The number of hydrogen-bond acceptors (Lipinski definition) is 4. The second-order valence-electron chi connectivity index (χ2n) is 5.52. The lowest BCUT2D eigenvalue weighted by Crippen LogP contribution is -2.30. The third-order valence-electron chi connectivity index (χ3n) is 3.61. The number of nitrogens with one attached hydrogen (secondary N) is 1. The first kappa shape index (κ1) is 17.1. The molecule has 1 heterocycles. The molecule has 0 aliphatic rings. The number of amides is 1. The molecule has 1 amide bonds. The summed E-state index contributed by atoms with van der Waals surface area (Å²) in [5, 5.41) is 3.23. The van der Waals surface area contributed by atoms with Gasteiger partial charge >= 0.3 is 0 Å². The Balaban J connectivity index is 1.99. The van der Waals surface area contributed by atoms with Crippen LogP contribution in [0.2, 0.25) is 5.02 Å². The van der Waals surface area contributed by atoms with Crippen LogP contribution in [0.3, 0.4) is 0 Å². The summed E-state index contributed by atoms with van der Waals surface area (Å²) in [6.07, 6.45) is 3.69. The molecular formula is C16H21ClN4O2. The Kier molecular flexibility index (Phi) is 5.50. The van der Waals surface area contributed by atoms with Crippen LogP contribution in [0.5, 0.6) is 5.75 Å². The summed E-state index contributed by atoms with van der Waals surface area (Å²) in [4.78, 5) is 16.5. The fraction of sp³-hybridized carbons (Fsp3) is 0.375. The molecule has 2 rings (SSSR count). The summed E-state index contributed by atoms with van der Waals surface area (Å²) in [5.41, 5.74) is 6.48. The van der Waals surface area contributed by atoms with E-state index in [2.05, 4.69) is 21.8 Å². The number of rotatable bonds is 6. The third-order valence-corrected chi connectivity index (χ3v) is 3.93. The van der Waals surface area contributed by atoms with Crippen molar-refractivity contribution in [1.82, 2.24) is 14.9 Å². The molecule has 7 heteroatoms. The Morgan fingerprint density at radius 1 is 1.52 bits per heavy atom. The molecule has 2 aromatic rings. The van der Waals surface area contributed by atoms with Crippen molar-refractivity contribution in [2.24, 2.45) is 5.92 Å². The van der Waals surface area contributed by atoms with Gasteiger partial charge in [0.2, 0.25) is 0 Å². The highest BCUT2D eigenvalue weighted by molar-refractivity contribution is 6.33. The number of imidazole rings is 1. The predicted octanol–water partition coefficient (Wildman–Crippen LogP) is 2.50. The molecule has 1 aromatic heterocycles. The van der Waals surface area contributed by atoms with Gasteiger partial charge in [-0.2, -0.15) is 0 Å². The number of hydrogen-bond donors (Lipinski definition) is 2. The van der Waals surface area contributed by atoms with E-state index in [1.807, 2.05) is 13.1 Å². The van der Waals surface area contributed by atoms with Crippen molar-refractivity contribution in [3.63, 3.8) is 0 Å². The van der Waals surface area contributed by atoms with Crippen LogP contribution in [-0.2, 0) is 6.54 Å². The standard InChI is InChI=1S/C16H21ClN4O2/c1-10(9-21-5-4-19-11(21)2)8-20-16(22)12-6-13(17)14(18)7-15(12)23-3/h4-7,10H,8-9,18H2,1-3H3,(H,20,22). The van der Waals surface area contributed by atoms with Crippen LogP contribution >= 0.6 is 11.6 Å². The van der Waals surface area contributed by atoms with Crippen LogP contribution in [0.15, 0.2) is 24.5 Å². The average molecular weight is 337 g/mol. The number of methoxy groups -OCH3 is 1. The van der Waals surface area contributed by atoms with E-state index in [0.29, 0.717) is 28.6 Å². The third kappa shape index (κ3) is 4.16. The van der Waals surface area contributed by atoms with Gasteiger partial charge in [0.25, 0.3) is 5.91 Å². The van der Waals surface area contributed by atoms with E-state index in [4.69, 9.17) is 22.1 Å². The Hall–Kier alpha value is -2.21. The summed E-state index contributed by atoms with van der Waals surface area (Å²) in [6.45, 7) is 5.33. The maximum atomic E-state index is 12.4. The molecule has 0 radical (unpaired) electrons. The highest BCUT2D eigenvalue weighted by Crippen LogP contribution is 2.28. The number of benzene rings is 1. The molecule has 1 atom stereocenters. The lowest BCUT2D eigenvalue weighted by Gasteiger charge is -2.16. The maximum absolute atomic E-state index is 12.4. The quantitative estimate of drug-likeness (QED) is 0.794. The topological polar surface area (TPSA) is 82.2 Å². The largest absolute Gasteiger partial charge is 0.496 e. The molecule has 1 unspecified atom stereocenters. The first-order valence-corrected chi connectivity index (χ1v) is 7.69. The van der Waals surface area contributed by atoms with E-state index < -0.39 is 0 Å². The van der Waals surface area contributed by atoms with Gasteiger partial charge in [-0.05, 0) is 18.9 Å². The van der Waals surface area contributed by atoms with E-state index >= 15 is 0 Å². The number of carbonyl (C=O) groups excluding carboxylic acids is 1. The lowest BCUT2D eigenvalue weighted by atomic mass is 10.1. The molecule has 0 saturated carbocycles. The van der Waals surface area contributed by atoms with Crippen LogP contribution in [0, 0.1) is 12.8 Å². The number of nitrogens with two attached hydrogens (primary N) is 1. The van der Waals surface area contributed by atoms with Crippen LogP contribution in [0.1, 0.15) is 23.1 Å². The predicted molar refractivity (Wildman–Crippen MR) is 90.9 cm³/mol. The minimum Gasteiger partial charge on any atom is -0.496 e. The number of aromatic nitrogens is 2. The Bertz CT molecular complexity index is 699. The van der Waals surface area contributed by atoms with Gasteiger partial charge in [0, 0.05) is 31.5 Å². The zero-order valence-corrected chi connectivity index (χ0v) is 14.2. The molecule has 0 saturated heterocycles. The molecule has 3 N–H and O–H groups in total. The zero-order valence-electron chi connectivity index (χ0n) is 13.5. The van der Waals surface area contributed by atoms with E-state index in [9.17, 15) is 4.79 Å². The van der Waals surface area contributed by atoms with Crippen LogP contribution < -0.4 is 15.8 Å². The first-order chi connectivity index (χ1) is 10.9. The number of ether oxygens (including phenoxy) is 1. The normalized spacial score (nSPS) is 12.0. The number of aryl methyl sites for hydroxylation is 1. The van der Waals surface area contributed by atoms with Crippen molar-refractivity contribution in [2.45, 2.75) is 20.4 Å². The maximum Gasteiger partial charge on any atom is 0.255 e. The Morgan fingerprint density at radius 2 is 2.26 bits per heavy atom. The zero-order chi connectivity index (χ0) is 17.0. The molecule has 0 bridgehead atoms. The van der Waals surface area contributed by atoms with Gasteiger partial charge in [0.15, 0.2) is 0 Å².